The molecular formula is C8H19ClN2. The SMILES string of the molecule is CCCN1CCC[C@@H](N)C1.Cl. The summed E-state index contributed by atoms with van der Waals surface area (Å²) in [4.78, 5) is 2.47. The maximum Gasteiger partial charge on any atom is 0.0168 e. The van der Waals surface area contributed by atoms with E-state index in [0.29, 0.717) is 6.04 Å². The molecule has 0 amide bonds. The van der Waals surface area contributed by atoms with Crippen LogP contribution in [0.15, 0.2) is 0 Å². The maximum absolute atomic E-state index is 5.81. The minimum Gasteiger partial charge on any atom is -0.327 e. The quantitative estimate of drug-likeness (QED) is 0.690. The Balaban J connectivity index is 0.000001000. The smallest absolute Gasteiger partial charge is 0.0168 e. The predicted octanol–water partition coefficient (Wildman–Crippen LogP) is 1.24. The average Bonchev–Trinajstić information content (AvgIpc) is 1.88. The molecule has 0 radical (unpaired) electrons. The van der Waals surface area contributed by atoms with Gasteiger partial charge < -0.3 is 10.6 Å². The van der Waals surface area contributed by atoms with Gasteiger partial charge in [-0.05, 0) is 32.4 Å². The van der Waals surface area contributed by atoms with E-state index >= 15 is 0 Å². The van der Waals surface area contributed by atoms with E-state index in [0.717, 1.165) is 6.54 Å². The molecule has 68 valence electrons. The summed E-state index contributed by atoms with van der Waals surface area (Å²) in [6.45, 7) is 5.84. The van der Waals surface area contributed by atoms with E-state index in [1.165, 1.54) is 32.4 Å². The number of hydrogen-bond donors (Lipinski definition) is 1. The number of hydrogen-bond acceptors (Lipinski definition) is 2. The first-order chi connectivity index (χ1) is 4.83. The lowest BCUT2D eigenvalue weighted by atomic mass is 10.1. The Morgan fingerprint density at radius 2 is 2.27 bits per heavy atom. The molecule has 1 aliphatic heterocycles. The second kappa shape index (κ2) is 5.81. The lowest BCUT2D eigenvalue weighted by Crippen LogP contribution is -2.42. The van der Waals surface area contributed by atoms with E-state index in [2.05, 4.69) is 11.8 Å². The van der Waals surface area contributed by atoms with Crippen molar-refractivity contribution in [3.05, 3.63) is 0 Å². The predicted molar refractivity (Wildman–Crippen MR) is 51.2 cm³/mol. The normalized spacial score (nSPS) is 26.2. The zero-order chi connectivity index (χ0) is 7.40. The van der Waals surface area contributed by atoms with E-state index < -0.39 is 0 Å². The van der Waals surface area contributed by atoms with E-state index in [4.69, 9.17) is 5.73 Å². The van der Waals surface area contributed by atoms with Crippen LogP contribution in [0.3, 0.4) is 0 Å². The van der Waals surface area contributed by atoms with Crippen molar-refractivity contribution in [1.29, 1.82) is 0 Å². The molecule has 1 rings (SSSR count). The molecule has 0 aromatic rings. The molecule has 0 bridgehead atoms. The van der Waals surface area contributed by atoms with Gasteiger partial charge in [0, 0.05) is 12.6 Å². The molecule has 2 N–H and O–H groups in total. The van der Waals surface area contributed by atoms with Gasteiger partial charge in [0.2, 0.25) is 0 Å². The van der Waals surface area contributed by atoms with Gasteiger partial charge in [0.05, 0.1) is 0 Å². The van der Waals surface area contributed by atoms with Crippen LogP contribution < -0.4 is 5.73 Å². The monoisotopic (exact) mass is 178 g/mol. The van der Waals surface area contributed by atoms with E-state index in [-0.39, 0.29) is 12.4 Å². The van der Waals surface area contributed by atoms with Crippen LogP contribution in [-0.2, 0) is 0 Å². The molecule has 2 nitrogen and oxygen atoms in total. The molecule has 1 saturated heterocycles. The zero-order valence-corrected chi connectivity index (χ0v) is 8.07. The van der Waals surface area contributed by atoms with Gasteiger partial charge >= 0.3 is 0 Å². The molecule has 0 spiro atoms. The van der Waals surface area contributed by atoms with Crippen molar-refractivity contribution < 1.29 is 0 Å². The summed E-state index contributed by atoms with van der Waals surface area (Å²) >= 11 is 0. The number of nitrogens with zero attached hydrogens (tertiary/aromatic N) is 1. The van der Waals surface area contributed by atoms with E-state index in [9.17, 15) is 0 Å². The van der Waals surface area contributed by atoms with Crippen LogP contribution in [0.5, 0.6) is 0 Å². The van der Waals surface area contributed by atoms with Crippen LogP contribution in [0, 0.1) is 0 Å². The van der Waals surface area contributed by atoms with Gasteiger partial charge in [-0.3, -0.25) is 0 Å². The van der Waals surface area contributed by atoms with Crippen molar-refractivity contribution in [3.63, 3.8) is 0 Å². The standard InChI is InChI=1S/C8H18N2.ClH/c1-2-5-10-6-3-4-8(9)7-10;/h8H,2-7,9H2,1H3;1H/t8-;/m1./s1. The second-order valence-electron chi connectivity index (χ2n) is 3.20. The fourth-order valence-electron chi connectivity index (χ4n) is 1.61. The molecule has 0 aromatic heterocycles. The number of likely N-dealkylation sites (tertiary alicyclic amines) is 1. The third-order valence-electron chi connectivity index (χ3n) is 2.08. The molecule has 1 fully saturated rings. The summed E-state index contributed by atoms with van der Waals surface area (Å²) in [5, 5.41) is 0. The fraction of sp³-hybridized carbons (Fsp3) is 1.00. The summed E-state index contributed by atoms with van der Waals surface area (Å²) in [6.07, 6.45) is 3.77. The first-order valence-electron chi connectivity index (χ1n) is 4.31. The lowest BCUT2D eigenvalue weighted by Gasteiger charge is -2.30. The van der Waals surface area contributed by atoms with Gasteiger partial charge in [-0.25, -0.2) is 0 Å². The highest BCUT2D eigenvalue weighted by Crippen LogP contribution is 2.07. The lowest BCUT2D eigenvalue weighted by molar-refractivity contribution is 0.209. The van der Waals surface area contributed by atoms with E-state index in [1.54, 1.807) is 0 Å². The minimum atomic E-state index is 0. The molecule has 0 unspecified atom stereocenters. The van der Waals surface area contributed by atoms with Crippen LogP contribution in [0.2, 0.25) is 0 Å². The molecule has 0 aromatic carbocycles. The summed E-state index contributed by atoms with van der Waals surface area (Å²) in [5.41, 5.74) is 5.81. The minimum absolute atomic E-state index is 0. The maximum atomic E-state index is 5.81. The summed E-state index contributed by atoms with van der Waals surface area (Å²) in [6, 6.07) is 0.445. The molecule has 0 saturated carbocycles. The van der Waals surface area contributed by atoms with Gasteiger partial charge in [-0.15, -0.1) is 12.4 Å². The van der Waals surface area contributed by atoms with Crippen LogP contribution in [-0.4, -0.2) is 30.6 Å². The Morgan fingerprint density at radius 3 is 2.82 bits per heavy atom. The van der Waals surface area contributed by atoms with Crippen molar-refractivity contribution >= 4 is 12.4 Å². The highest BCUT2D eigenvalue weighted by molar-refractivity contribution is 5.85. The molecule has 11 heavy (non-hydrogen) atoms. The second-order valence-corrected chi connectivity index (χ2v) is 3.20. The van der Waals surface area contributed by atoms with Crippen molar-refractivity contribution in [3.8, 4) is 0 Å². The van der Waals surface area contributed by atoms with Gasteiger partial charge in [0.15, 0.2) is 0 Å². The number of rotatable bonds is 2. The average molecular weight is 179 g/mol. The fourth-order valence-corrected chi connectivity index (χ4v) is 1.61. The molecular weight excluding hydrogens is 160 g/mol. The van der Waals surface area contributed by atoms with Gasteiger partial charge in [0.25, 0.3) is 0 Å². The topological polar surface area (TPSA) is 29.3 Å². The van der Waals surface area contributed by atoms with Gasteiger partial charge in [-0.2, -0.15) is 0 Å². The molecule has 0 aliphatic carbocycles. The molecule has 3 heteroatoms. The Bertz CT molecular complexity index is 96.1. The van der Waals surface area contributed by atoms with Gasteiger partial charge in [0.1, 0.15) is 0 Å². The Morgan fingerprint density at radius 1 is 1.55 bits per heavy atom. The summed E-state index contributed by atoms with van der Waals surface area (Å²) in [5.74, 6) is 0. The van der Waals surface area contributed by atoms with Crippen molar-refractivity contribution in [2.45, 2.75) is 32.2 Å². The molecule has 1 aliphatic rings. The van der Waals surface area contributed by atoms with Crippen molar-refractivity contribution in [2.75, 3.05) is 19.6 Å². The Labute approximate surface area is 75.5 Å². The number of piperidine rings is 1. The van der Waals surface area contributed by atoms with Gasteiger partial charge in [-0.1, -0.05) is 6.92 Å². The van der Waals surface area contributed by atoms with E-state index in [1.807, 2.05) is 0 Å². The number of nitrogens with two attached hydrogens (primary N) is 1. The Kier molecular flexibility index (Phi) is 5.92. The highest BCUT2D eigenvalue weighted by Gasteiger charge is 2.14. The number of halogens is 1. The highest BCUT2D eigenvalue weighted by atomic mass is 35.5. The summed E-state index contributed by atoms with van der Waals surface area (Å²) in [7, 11) is 0. The van der Waals surface area contributed by atoms with Crippen molar-refractivity contribution in [2.24, 2.45) is 5.73 Å². The van der Waals surface area contributed by atoms with Crippen LogP contribution >= 0.6 is 12.4 Å². The third-order valence-corrected chi connectivity index (χ3v) is 2.08. The Hall–Kier alpha value is 0.210. The molecule has 1 atom stereocenters. The van der Waals surface area contributed by atoms with Crippen LogP contribution in [0.4, 0.5) is 0 Å². The zero-order valence-electron chi connectivity index (χ0n) is 7.25. The third kappa shape index (κ3) is 3.94. The first kappa shape index (κ1) is 11.2. The van der Waals surface area contributed by atoms with Crippen LogP contribution in [0.25, 0.3) is 0 Å². The summed E-state index contributed by atoms with van der Waals surface area (Å²) < 4.78 is 0. The van der Waals surface area contributed by atoms with Crippen molar-refractivity contribution in [1.82, 2.24) is 4.90 Å². The molecule has 1 heterocycles. The van der Waals surface area contributed by atoms with Crippen LogP contribution in [0.1, 0.15) is 26.2 Å². The first-order valence-corrected chi connectivity index (χ1v) is 4.31. The largest absolute Gasteiger partial charge is 0.327 e.